The predicted molar refractivity (Wildman–Crippen MR) is 116 cm³/mol. The molecule has 4 rings (SSSR count). The second-order valence-electron chi connectivity index (χ2n) is 8.33. The minimum absolute atomic E-state index is 0.0568. The standard InChI is InChI=1S/C24H30FN3O2/c1-17-14-20(18(2)28(17)21-6-7-21)5-9-24(29)27-12-10-26(11-13-27)16-19-4-8-23(30-3)22(25)15-19/h4-5,8-9,14-15,21H,6-7,10-13,16H2,1-3H3. The van der Waals surface area contributed by atoms with E-state index in [1.165, 1.54) is 37.4 Å². The molecule has 0 spiro atoms. The second kappa shape index (κ2) is 8.64. The van der Waals surface area contributed by atoms with Crippen LogP contribution in [0, 0.1) is 19.7 Å². The highest BCUT2D eigenvalue weighted by Crippen LogP contribution is 2.38. The fourth-order valence-electron chi connectivity index (χ4n) is 4.33. The number of halogens is 1. The van der Waals surface area contributed by atoms with Crippen LogP contribution in [0.15, 0.2) is 30.3 Å². The quantitative estimate of drug-likeness (QED) is 0.676. The van der Waals surface area contributed by atoms with Crippen LogP contribution < -0.4 is 4.74 Å². The zero-order valence-electron chi connectivity index (χ0n) is 18.0. The SMILES string of the molecule is COc1ccc(CN2CCN(C(=O)C=Cc3cc(C)n(C4CC4)c3C)CC2)cc1F. The minimum atomic E-state index is -0.338. The van der Waals surface area contributed by atoms with E-state index in [-0.39, 0.29) is 17.5 Å². The summed E-state index contributed by atoms with van der Waals surface area (Å²) in [6, 6.07) is 7.89. The summed E-state index contributed by atoms with van der Waals surface area (Å²) in [6.45, 7) is 7.87. The predicted octanol–water partition coefficient (Wildman–Crippen LogP) is 3.95. The number of rotatable bonds is 6. The Morgan fingerprint density at radius 2 is 1.90 bits per heavy atom. The molecule has 5 nitrogen and oxygen atoms in total. The highest BCUT2D eigenvalue weighted by atomic mass is 19.1. The Labute approximate surface area is 177 Å². The van der Waals surface area contributed by atoms with E-state index in [4.69, 9.17) is 4.74 Å². The number of benzene rings is 1. The van der Waals surface area contributed by atoms with Crippen LogP contribution in [0.3, 0.4) is 0 Å². The Morgan fingerprint density at radius 3 is 2.53 bits per heavy atom. The molecule has 6 heteroatoms. The van der Waals surface area contributed by atoms with Crippen molar-refractivity contribution in [2.75, 3.05) is 33.3 Å². The first-order valence-corrected chi connectivity index (χ1v) is 10.7. The van der Waals surface area contributed by atoms with Crippen LogP contribution in [0.25, 0.3) is 6.08 Å². The van der Waals surface area contributed by atoms with E-state index in [2.05, 4.69) is 29.4 Å². The number of carbonyl (C=O) groups is 1. The van der Waals surface area contributed by atoms with Gasteiger partial charge in [0.15, 0.2) is 11.6 Å². The van der Waals surface area contributed by atoms with Gasteiger partial charge in [0.05, 0.1) is 7.11 Å². The number of hydrogen-bond acceptors (Lipinski definition) is 3. The van der Waals surface area contributed by atoms with E-state index < -0.39 is 0 Å². The third-order valence-electron chi connectivity index (χ3n) is 6.15. The summed E-state index contributed by atoms with van der Waals surface area (Å²) in [5.41, 5.74) is 4.56. The van der Waals surface area contributed by atoms with Gasteiger partial charge in [0.2, 0.25) is 5.91 Å². The summed E-state index contributed by atoms with van der Waals surface area (Å²) in [6.07, 6.45) is 6.17. The summed E-state index contributed by atoms with van der Waals surface area (Å²) in [5.74, 6) is -0.0183. The average Bonchev–Trinajstić information content (AvgIpc) is 3.52. The largest absolute Gasteiger partial charge is 0.494 e. The van der Waals surface area contributed by atoms with Gasteiger partial charge in [0, 0.05) is 56.2 Å². The monoisotopic (exact) mass is 411 g/mol. The van der Waals surface area contributed by atoms with Crippen molar-refractivity contribution in [1.82, 2.24) is 14.4 Å². The van der Waals surface area contributed by atoms with E-state index >= 15 is 0 Å². The van der Waals surface area contributed by atoms with Crippen molar-refractivity contribution in [1.29, 1.82) is 0 Å². The van der Waals surface area contributed by atoms with Gasteiger partial charge in [0.1, 0.15) is 0 Å². The van der Waals surface area contributed by atoms with Crippen molar-refractivity contribution in [3.63, 3.8) is 0 Å². The molecule has 0 atom stereocenters. The van der Waals surface area contributed by atoms with Crippen LogP contribution in [0.4, 0.5) is 4.39 Å². The first kappa shape index (κ1) is 20.7. The zero-order chi connectivity index (χ0) is 21.3. The Morgan fingerprint density at radius 1 is 1.17 bits per heavy atom. The lowest BCUT2D eigenvalue weighted by molar-refractivity contribution is -0.127. The zero-order valence-corrected chi connectivity index (χ0v) is 18.0. The van der Waals surface area contributed by atoms with Crippen LogP contribution in [-0.2, 0) is 11.3 Å². The number of piperazine rings is 1. The molecule has 2 aliphatic rings. The molecule has 1 saturated carbocycles. The number of aryl methyl sites for hydroxylation is 1. The molecule has 0 N–H and O–H groups in total. The highest BCUT2D eigenvalue weighted by Gasteiger charge is 2.26. The van der Waals surface area contributed by atoms with Crippen molar-refractivity contribution < 1.29 is 13.9 Å². The molecule has 0 bridgehead atoms. The first-order chi connectivity index (χ1) is 14.5. The van der Waals surface area contributed by atoms with E-state index in [9.17, 15) is 9.18 Å². The summed E-state index contributed by atoms with van der Waals surface area (Å²) in [4.78, 5) is 16.8. The number of carbonyl (C=O) groups excluding carboxylic acids is 1. The third kappa shape index (κ3) is 4.43. The van der Waals surface area contributed by atoms with Crippen LogP contribution in [0.2, 0.25) is 0 Å². The molecule has 1 aliphatic heterocycles. The van der Waals surface area contributed by atoms with Crippen molar-refractivity contribution in [2.24, 2.45) is 0 Å². The smallest absolute Gasteiger partial charge is 0.246 e. The van der Waals surface area contributed by atoms with Gasteiger partial charge in [0.25, 0.3) is 0 Å². The van der Waals surface area contributed by atoms with Crippen LogP contribution >= 0.6 is 0 Å². The lowest BCUT2D eigenvalue weighted by Gasteiger charge is -2.34. The molecule has 1 amide bonds. The molecule has 1 aromatic carbocycles. The Balaban J connectivity index is 1.31. The highest BCUT2D eigenvalue weighted by molar-refractivity contribution is 5.92. The van der Waals surface area contributed by atoms with Crippen molar-refractivity contribution in [3.05, 3.63) is 58.7 Å². The van der Waals surface area contributed by atoms with Gasteiger partial charge in [-0.3, -0.25) is 9.69 Å². The molecule has 0 radical (unpaired) electrons. The molecule has 2 aromatic rings. The van der Waals surface area contributed by atoms with Gasteiger partial charge >= 0.3 is 0 Å². The van der Waals surface area contributed by atoms with E-state index in [0.717, 1.165) is 24.2 Å². The number of amides is 1. The number of nitrogens with zero attached hydrogens (tertiary/aromatic N) is 3. The van der Waals surface area contributed by atoms with Gasteiger partial charge in [-0.15, -0.1) is 0 Å². The minimum Gasteiger partial charge on any atom is -0.494 e. The van der Waals surface area contributed by atoms with E-state index in [1.807, 2.05) is 17.0 Å². The summed E-state index contributed by atoms with van der Waals surface area (Å²) in [5, 5.41) is 0. The van der Waals surface area contributed by atoms with Crippen molar-refractivity contribution in [2.45, 2.75) is 39.3 Å². The molecule has 0 unspecified atom stereocenters. The maximum atomic E-state index is 13.9. The van der Waals surface area contributed by atoms with E-state index in [1.54, 1.807) is 12.1 Å². The molecule has 160 valence electrons. The number of ether oxygens (including phenoxy) is 1. The molecule has 30 heavy (non-hydrogen) atoms. The van der Waals surface area contributed by atoms with E-state index in [0.29, 0.717) is 25.7 Å². The van der Waals surface area contributed by atoms with Crippen molar-refractivity contribution in [3.8, 4) is 5.75 Å². The van der Waals surface area contributed by atoms with Crippen molar-refractivity contribution >= 4 is 12.0 Å². The fourth-order valence-corrected chi connectivity index (χ4v) is 4.33. The number of aromatic nitrogens is 1. The van der Waals surface area contributed by atoms with Gasteiger partial charge in [-0.05, 0) is 62.1 Å². The lowest BCUT2D eigenvalue weighted by atomic mass is 10.1. The molecule has 1 aromatic heterocycles. The third-order valence-corrected chi connectivity index (χ3v) is 6.15. The maximum absolute atomic E-state index is 13.9. The summed E-state index contributed by atoms with van der Waals surface area (Å²) >= 11 is 0. The Kier molecular flexibility index (Phi) is 5.95. The lowest BCUT2D eigenvalue weighted by Crippen LogP contribution is -2.47. The Bertz CT molecular complexity index is 954. The van der Waals surface area contributed by atoms with Gasteiger partial charge < -0.3 is 14.2 Å². The Hall–Kier alpha value is -2.60. The molecule has 1 saturated heterocycles. The van der Waals surface area contributed by atoms with Crippen LogP contribution in [-0.4, -0.2) is 53.6 Å². The molecular weight excluding hydrogens is 381 g/mol. The molecule has 2 heterocycles. The fraction of sp³-hybridized carbons (Fsp3) is 0.458. The van der Waals surface area contributed by atoms with Gasteiger partial charge in [-0.2, -0.15) is 0 Å². The average molecular weight is 412 g/mol. The van der Waals surface area contributed by atoms with Gasteiger partial charge in [-0.1, -0.05) is 6.07 Å². The van der Waals surface area contributed by atoms with Crippen LogP contribution in [0.1, 0.15) is 41.4 Å². The first-order valence-electron chi connectivity index (χ1n) is 10.7. The second-order valence-corrected chi connectivity index (χ2v) is 8.33. The maximum Gasteiger partial charge on any atom is 0.246 e. The molecular formula is C24H30FN3O2. The summed E-state index contributed by atoms with van der Waals surface area (Å²) < 4.78 is 21.3. The number of hydrogen-bond donors (Lipinski definition) is 0. The van der Waals surface area contributed by atoms with Gasteiger partial charge in [-0.25, -0.2) is 4.39 Å². The number of methoxy groups -OCH3 is 1. The summed E-state index contributed by atoms with van der Waals surface area (Å²) in [7, 11) is 1.47. The van der Waals surface area contributed by atoms with Crippen LogP contribution in [0.5, 0.6) is 5.75 Å². The topological polar surface area (TPSA) is 37.7 Å². The normalized spacial score (nSPS) is 17.7. The molecule has 2 fully saturated rings. The molecule has 1 aliphatic carbocycles.